The van der Waals surface area contributed by atoms with E-state index in [2.05, 4.69) is 24.4 Å². The van der Waals surface area contributed by atoms with Crippen LogP contribution in [0.5, 0.6) is 5.75 Å². The number of benzene rings is 2. The van der Waals surface area contributed by atoms with E-state index in [1.54, 1.807) is 11.8 Å². The van der Waals surface area contributed by atoms with E-state index in [-0.39, 0.29) is 6.03 Å². The fraction of sp³-hybridized carbons (Fsp3) is 0.400. The lowest BCUT2D eigenvalue weighted by Gasteiger charge is -2.35. The molecule has 2 heterocycles. The van der Waals surface area contributed by atoms with Crippen molar-refractivity contribution in [2.45, 2.75) is 38.8 Å². The second-order valence-electron chi connectivity index (χ2n) is 7.92. The van der Waals surface area contributed by atoms with Crippen LogP contribution < -0.4 is 10.1 Å². The number of nitrogens with zero attached hydrogens (tertiary/aromatic N) is 3. The molecule has 0 bridgehead atoms. The average Bonchev–Trinajstić information content (AvgIpc) is 3.18. The number of thioether (sulfide) groups is 1. The van der Waals surface area contributed by atoms with Crippen molar-refractivity contribution in [3.05, 3.63) is 60.2 Å². The summed E-state index contributed by atoms with van der Waals surface area (Å²) in [6.07, 6.45) is 2.54. The van der Waals surface area contributed by atoms with E-state index in [0.717, 1.165) is 41.3 Å². The van der Waals surface area contributed by atoms with Crippen LogP contribution in [-0.4, -0.2) is 52.8 Å². The molecular weight excluding hydrogens is 420 g/mol. The number of hydrogen-bond donors (Lipinski definition) is 1. The largest absolute Gasteiger partial charge is 0.492 e. The van der Waals surface area contributed by atoms with Crippen molar-refractivity contribution >= 4 is 34.2 Å². The Morgan fingerprint density at radius 2 is 1.78 bits per heavy atom. The lowest BCUT2D eigenvalue weighted by molar-refractivity contribution is 0.175. The Bertz CT molecular complexity index is 998. The van der Waals surface area contributed by atoms with Gasteiger partial charge >= 0.3 is 6.03 Å². The second kappa shape index (κ2) is 10.2. The summed E-state index contributed by atoms with van der Waals surface area (Å²) in [5.41, 5.74) is 2.34. The van der Waals surface area contributed by atoms with Crippen LogP contribution in [0.15, 0.2) is 64.6 Å². The Labute approximate surface area is 194 Å². The number of ether oxygens (including phenoxy) is 1. The Morgan fingerprint density at radius 1 is 1.06 bits per heavy atom. The molecule has 7 heteroatoms. The highest BCUT2D eigenvalue weighted by Crippen LogP contribution is 2.36. The maximum absolute atomic E-state index is 12.9. The molecule has 6 nitrogen and oxygen atoms in total. The summed E-state index contributed by atoms with van der Waals surface area (Å²) in [4.78, 5) is 24.9. The fourth-order valence-corrected chi connectivity index (χ4v) is 4.88. The Hall–Kier alpha value is -2.80. The highest BCUT2D eigenvalue weighted by atomic mass is 32.2. The Balaban J connectivity index is 1.45. The van der Waals surface area contributed by atoms with E-state index in [1.165, 1.54) is 0 Å². The number of amides is 2. The third-order valence-corrected chi connectivity index (χ3v) is 6.77. The van der Waals surface area contributed by atoms with Crippen molar-refractivity contribution in [1.82, 2.24) is 4.90 Å². The number of carbonyl (C=O) groups excluding carboxylic acids is 1. The van der Waals surface area contributed by atoms with Gasteiger partial charge in [0.1, 0.15) is 10.8 Å². The van der Waals surface area contributed by atoms with Gasteiger partial charge in [0.25, 0.3) is 0 Å². The Kier molecular flexibility index (Phi) is 7.15. The molecule has 2 amide bonds. The van der Waals surface area contributed by atoms with Gasteiger partial charge in [-0.05, 0) is 31.2 Å². The first-order valence-corrected chi connectivity index (χ1v) is 12.3. The highest BCUT2D eigenvalue weighted by molar-refractivity contribution is 8.15. The highest BCUT2D eigenvalue weighted by Gasteiger charge is 2.40. The molecule has 0 saturated carbocycles. The zero-order chi connectivity index (χ0) is 22.4. The van der Waals surface area contributed by atoms with Crippen molar-refractivity contribution in [2.75, 3.05) is 30.8 Å². The van der Waals surface area contributed by atoms with Crippen LogP contribution >= 0.6 is 11.8 Å². The minimum atomic E-state index is -0.457. The fourth-order valence-electron chi connectivity index (χ4n) is 3.94. The summed E-state index contributed by atoms with van der Waals surface area (Å²) in [5.74, 6) is 1.71. The van der Waals surface area contributed by atoms with E-state index in [0.29, 0.717) is 31.1 Å². The molecule has 0 aromatic heterocycles. The van der Waals surface area contributed by atoms with E-state index >= 15 is 0 Å². The number of urea groups is 1. The van der Waals surface area contributed by atoms with Crippen molar-refractivity contribution < 1.29 is 9.53 Å². The first kappa shape index (κ1) is 22.4. The maximum atomic E-state index is 12.9. The molecule has 0 radical (unpaired) electrons. The van der Waals surface area contributed by atoms with Gasteiger partial charge in [0.15, 0.2) is 5.66 Å². The number of rotatable bonds is 6. The molecule has 4 rings (SSSR count). The zero-order valence-corrected chi connectivity index (χ0v) is 19.5. The molecule has 0 aliphatic carbocycles. The third kappa shape index (κ3) is 4.99. The summed E-state index contributed by atoms with van der Waals surface area (Å²) < 4.78 is 5.63. The first-order valence-electron chi connectivity index (χ1n) is 11.3. The molecule has 1 fully saturated rings. The predicted octanol–water partition coefficient (Wildman–Crippen LogP) is 5.45. The van der Waals surface area contributed by atoms with Crippen molar-refractivity contribution in [3.63, 3.8) is 0 Å². The van der Waals surface area contributed by atoms with Crippen molar-refractivity contribution in [3.8, 4) is 5.75 Å². The number of carbonyl (C=O) groups is 1. The van der Waals surface area contributed by atoms with Gasteiger partial charge in [0.05, 0.1) is 18.0 Å². The lowest BCUT2D eigenvalue weighted by atomic mass is 9.98. The van der Waals surface area contributed by atoms with Gasteiger partial charge < -0.3 is 15.0 Å². The van der Waals surface area contributed by atoms with Gasteiger partial charge in [0.2, 0.25) is 0 Å². The van der Waals surface area contributed by atoms with Gasteiger partial charge in [-0.1, -0.05) is 49.4 Å². The normalized spacial score (nSPS) is 17.1. The first-order chi connectivity index (χ1) is 15.6. The molecule has 2 aliphatic heterocycles. The summed E-state index contributed by atoms with van der Waals surface area (Å²) in [6, 6.07) is 17.7. The van der Waals surface area contributed by atoms with Gasteiger partial charge in [-0.3, -0.25) is 4.99 Å². The predicted molar refractivity (Wildman–Crippen MR) is 133 cm³/mol. The van der Waals surface area contributed by atoms with Gasteiger partial charge in [-0.25, -0.2) is 9.79 Å². The van der Waals surface area contributed by atoms with E-state index in [1.807, 2.05) is 54.3 Å². The van der Waals surface area contributed by atoms with E-state index in [9.17, 15) is 4.79 Å². The quantitative estimate of drug-likeness (QED) is 0.636. The molecular formula is C25H30N4O2S. The number of hydrogen-bond acceptors (Lipinski definition) is 5. The SMILES string of the molecule is CCCSC1=NC2(CCN(C(=O)Nc3ccccc3OCC)CC2)N=C1c1ccccc1. The third-order valence-electron chi connectivity index (χ3n) is 5.60. The molecule has 2 aromatic carbocycles. The average molecular weight is 451 g/mol. The smallest absolute Gasteiger partial charge is 0.321 e. The summed E-state index contributed by atoms with van der Waals surface area (Å²) in [6.45, 7) is 5.89. The monoisotopic (exact) mass is 450 g/mol. The van der Waals surface area contributed by atoms with Crippen LogP contribution in [-0.2, 0) is 0 Å². The van der Waals surface area contributed by atoms with Gasteiger partial charge in [0, 0.05) is 31.5 Å². The molecule has 1 saturated heterocycles. The second-order valence-corrected chi connectivity index (χ2v) is 9.00. The van der Waals surface area contributed by atoms with Crippen LogP contribution in [0.4, 0.5) is 10.5 Å². The van der Waals surface area contributed by atoms with Crippen LogP contribution in [0, 0.1) is 0 Å². The number of aliphatic imine (C=N–C) groups is 2. The molecule has 1 spiro atoms. The molecule has 168 valence electrons. The molecule has 0 atom stereocenters. The van der Waals surface area contributed by atoms with Gasteiger partial charge in [-0.15, -0.1) is 11.8 Å². The molecule has 2 aliphatic rings. The minimum absolute atomic E-state index is 0.109. The van der Waals surface area contributed by atoms with Gasteiger partial charge in [-0.2, -0.15) is 0 Å². The number of piperidine rings is 1. The van der Waals surface area contributed by atoms with E-state index < -0.39 is 5.66 Å². The standard InChI is InChI=1S/C25H30N4O2S/c1-3-18-32-23-22(19-10-6-5-7-11-19)27-25(28-23)14-16-29(17-15-25)24(30)26-20-12-8-9-13-21(20)31-4-2/h5-13H,3-4,14-18H2,1-2H3,(H,26,30). The number of likely N-dealkylation sites (tertiary alicyclic amines) is 1. The van der Waals surface area contributed by atoms with E-state index in [4.69, 9.17) is 14.7 Å². The van der Waals surface area contributed by atoms with Crippen molar-refractivity contribution in [1.29, 1.82) is 0 Å². The zero-order valence-electron chi connectivity index (χ0n) is 18.7. The summed E-state index contributed by atoms with van der Waals surface area (Å²) in [5, 5.41) is 4.03. The topological polar surface area (TPSA) is 66.3 Å². The van der Waals surface area contributed by atoms with Crippen LogP contribution in [0.2, 0.25) is 0 Å². The van der Waals surface area contributed by atoms with Crippen LogP contribution in [0.1, 0.15) is 38.7 Å². The Morgan fingerprint density at radius 3 is 2.50 bits per heavy atom. The molecule has 2 aromatic rings. The molecule has 32 heavy (non-hydrogen) atoms. The van der Waals surface area contributed by atoms with Crippen LogP contribution in [0.3, 0.4) is 0 Å². The number of anilines is 1. The minimum Gasteiger partial charge on any atom is -0.492 e. The number of nitrogens with one attached hydrogen (secondary N) is 1. The maximum Gasteiger partial charge on any atom is 0.321 e. The lowest BCUT2D eigenvalue weighted by Crippen LogP contribution is -2.46. The summed E-state index contributed by atoms with van der Waals surface area (Å²) >= 11 is 1.78. The molecule has 1 N–H and O–H groups in total. The summed E-state index contributed by atoms with van der Waals surface area (Å²) in [7, 11) is 0. The number of para-hydroxylation sites is 2. The molecule has 0 unspecified atom stereocenters. The van der Waals surface area contributed by atoms with Crippen molar-refractivity contribution in [2.24, 2.45) is 9.98 Å². The van der Waals surface area contributed by atoms with Crippen LogP contribution in [0.25, 0.3) is 0 Å².